The molecule has 1 atom stereocenters. The van der Waals surface area contributed by atoms with Crippen molar-refractivity contribution in [2.75, 3.05) is 23.8 Å². The van der Waals surface area contributed by atoms with Gasteiger partial charge in [0, 0.05) is 30.2 Å². The van der Waals surface area contributed by atoms with Crippen LogP contribution in [0.5, 0.6) is 0 Å². The van der Waals surface area contributed by atoms with E-state index in [1.54, 1.807) is 11.8 Å². The third kappa shape index (κ3) is 3.07. The average Bonchev–Trinajstić information content (AvgIpc) is 2.33. The summed E-state index contributed by atoms with van der Waals surface area (Å²) in [6, 6.07) is 0. The third-order valence-corrected chi connectivity index (χ3v) is 5.43. The molecule has 0 unspecified atom stereocenters. The summed E-state index contributed by atoms with van der Waals surface area (Å²) in [6.07, 6.45) is 2.49. The van der Waals surface area contributed by atoms with Crippen molar-refractivity contribution in [1.82, 2.24) is 10.4 Å². The van der Waals surface area contributed by atoms with E-state index in [0.717, 1.165) is 30.1 Å². The highest BCUT2D eigenvalue weighted by atomic mass is 32.2. The Kier molecular flexibility index (Phi) is 4.40. The minimum atomic E-state index is -0.00699. The van der Waals surface area contributed by atoms with Crippen molar-refractivity contribution in [3.05, 3.63) is 0 Å². The molecule has 90 valence electrons. The smallest absolute Gasteiger partial charge is 0.252 e. The van der Waals surface area contributed by atoms with Gasteiger partial charge in [0.25, 0.3) is 5.91 Å². The van der Waals surface area contributed by atoms with Crippen molar-refractivity contribution in [2.24, 2.45) is 0 Å². The summed E-state index contributed by atoms with van der Waals surface area (Å²) in [6.45, 7) is 0.662. The van der Waals surface area contributed by atoms with Crippen LogP contribution < -0.4 is 5.43 Å². The molecule has 1 N–H and O–H groups in total. The zero-order valence-electron chi connectivity index (χ0n) is 9.11. The maximum absolute atomic E-state index is 11.9. The highest BCUT2D eigenvalue weighted by Gasteiger charge is 2.26. The number of nitrogens with one attached hydrogen (secondary N) is 1. The molecule has 0 aromatic heterocycles. The van der Waals surface area contributed by atoms with E-state index in [0.29, 0.717) is 13.0 Å². The summed E-state index contributed by atoms with van der Waals surface area (Å²) in [5.41, 5.74) is 2.75. The van der Waals surface area contributed by atoms with E-state index in [1.165, 1.54) is 5.01 Å². The summed E-state index contributed by atoms with van der Waals surface area (Å²) in [5, 5.41) is 1.50. The van der Waals surface area contributed by atoms with Gasteiger partial charge in [-0.05, 0) is 12.8 Å². The molecule has 0 radical (unpaired) electrons. The summed E-state index contributed by atoms with van der Waals surface area (Å²) in [4.78, 5) is 23.4. The van der Waals surface area contributed by atoms with E-state index in [-0.39, 0.29) is 17.1 Å². The second-order valence-corrected chi connectivity index (χ2v) is 6.37. The summed E-state index contributed by atoms with van der Waals surface area (Å²) in [7, 11) is 0. The van der Waals surface area contributed by atoms with Crippen molar-refractivity contribution in [3.63, 3.8) is 0 Å². The topological polar surface area (TPSA) is 49.4 Å². The normalized spacial score (nSPS) is 26.6. The van der Waals surface area contributed by atoms with Gasteiger partial charge in [-0.3, -0.25) is 20.0 Å². The number of hydrazine groups is 1. The van der Waals surface area contributed by atoms with Gasteiger partial charge in [0.1, 0.15) is 0 Å². The molecule has 2 rings (SSSR count). The first-order chi connectivity index (χ1) is 7.77. The molecule has 2 saturated heterocycles. The largest absolute Gasteiger partial charge is 0.273 e. The molecule has 2 heterocycles. The molecule has 2 amide bonds. The Morgan fingerprint density at radius 3 is 2.94 bits per heavy atom. The molecule has 2 aliphatic heterocycles. The Hall–Kier alpha value is -0.360. The van der Waals surface area contributed by atoms with Gasteiger partial charge in [-0.25, -0.2) is 0 Å². The molecule has 0 bridgehead atoms. The highest BCUT2D eigenvalue weighted by molar-refractivity contribution is 8.07. The molecule has 0 aromatic carbocycles. The number of carbonyl (C=O) groups is 2. The number of carbonyl (C=O) groups excluding carboxylic acids is 2. The Balaban J connectivity index is 1.83. The van der Waals surface area contributed by atoms with E-state index >= 15 is 0 Å². The van der Waals surface area contributed by atoms with E-state index in [2.05, 4.69) is 5.43 Å². The maximum Gasteiger partial charge on any atom is 0.252 e. The van der Waals surface area contributed by atoms with Crippen LogP contribution in [-0.4, -0.2) is 45.9 Å². The van der Waals surface area contributed by atoms with Crippen LogP contribution in [0.25, 0.3) is 0 Å². The lowest BCUT2D eigenvalue weighted by atomic mass is 10.1. The number of rotatable bonds is 2. The van der Waals surface area contributed by atoms with Crippen LogP contribution in [0.3, 0.4) is 0 Å². The number of hydrogen-bond donors (Lipinski definition) is 1. The SMILES string of the molecule is O=C(NN1CCCCC1=O)[C@H]1CSCCS1. The predicted octanol–water partition coefficient (Wildman–Crippen LogP) is 0.879. The monoisotopic (exact) mass is 260 g/mol. The minimum absolute atomic E-state index is 0.00699. The maximum atomic E-state index is 11.9. The first kappa shape index (κ1) is 12.1. The lowest BCUT2D eigenvalue weighted by Gasteiger charge is -2.29. The van der Waals surface area contributed by atoms with Crippen molar-refractivity contribution in [1.29, 1.82) is 0 Å². The quantitative estimate of drug-likeness (QED) is 0.801. The second-order valence-electron chi connectivity index (χ2n) is 3.91. The van der Waals surface area contributed by atoms with Crippen LogP contribution in [0.15, 0.2) is 0 Å². The van der Waals surface area contributed by atoms with Crippen molar-refractivity contribution in [3.8, 4) is 0 Å². The Morgan fingerprint density at radius 2 is 2.25 bits per heavy atom. The van der Waals surface area contributed by atoms with Gasteiger partial charge in [0.15, 0.2) is 0 Å². The van der Waals surface area contributed by atoms with Crippen LogP contribution in [0.4, 0.5) is 0 Å². The zero-order valence-corrected chi connectivity index (χ0v) is 10.7. The Morgan fingerprint density at radius 1 is 1.38 bits per heavy atom. The van der Waals surface area contributed by atoms with Gasteiger partial charge in [-0.15, -0.1) is 11.8 Å². The molecular formula is C10H16N2O2S2. The fraction of sp³-hybridized carbons (Fsp3) is 0.800. The third-order valence-electron chi connectivity index (χ3n) is 2.68. The minimum Gasteiger partial charge on any atom is -0.273 e. The lowest BCUT2D eigenvalue weighted by molar-refractivity contribution is -0.143. The van der Waals surface area contributed by atoms with E-state index in [9.17, 15) is 9.59 Å². The van der Waals surface area contributed by atoms with Crippen LogP contribution in [-0.2, 0) is 9.59 Å². The number of piperidine rings is 1. The fourth-order valence-corrected chi connectivity index (χ4v) is 4.32. The van der Waals surface area contributed by atoms with Gasteiger partial charge in [0.05, 0.1) is 5.25 Å². The molecule has 0 aromatic rings. The van der Waals surface area contributed by atoms with Crippen molar-refractivity contribution in [2.45, 2.75) is 24.5 Å². The zero-order chi connectivity index (χ0) is 11.4. The average molecular weight is 260 g/mol. The molecule has 2 fully saturated rings. The number of amides is 2. The second kappa shape index (κ2) is 5.82. The van der Waals surface area contributed by atoms with E-state index in [4.69, 9.17) is 0 Å². The van der Waals surface area contributed by atoms with Gasteiger partial charge in [-0.2, -0.15) is 11.8 Å². The van der Waals surface area contributed by atoms with Crippen LogP contribution in [0.2, 0.25) is 0 Å². The Bertz CT molecular complexity index is 280. The van der Waals surface area contributed by atoms with E-state index in [1.807, 2.05) is 11.8 Å². The molecule has 2 aliphatic rings. The van der Waals surface area contributed by atoms with E-state index < -0.39 is 0 Å². The van der Waals surface area contributed by atoms with Gasteiger partial charge in [-0.1, -0.05) is 0 Å². The fourth-order valence-electron chi connectivity index (χ4n) is 1.77. The van der Waals surface area contributed by atoms with Crippen LogP contribution in [0, 0.1) is 0 Å². The first-order valence-corrected chi connectivity index (χ1v) is 7.78. The summed E-state index contributed by atoms with van der Waals surface area (Å²) in [5.74, 6) is 3.05. The standard InChI is InChI=1S/C10H16N2O2S2/c13-9-3-1-2-4-12(9)11-10(14)8-7-15-5-6-16-8/h8H,1-7H2,(H,11,14)/t8-/m1/s1. The van der Waals surface area contributed by atoms with Crippen LogP contribution >= 0.6 is 23.5 Å². The molecule has 0 spiro atoms. The molecule has 16 heavy (non-hydrogen) atoms. The van der Waals surface area contributed by atoms with Gasteiger partial charge < -0.3 is 0 Å². The number of thioether (sulfide) groups is 2. The molecule has 4 nitrogen and oxygen atoms in total. The lowest BCUT2D eigenvalue weighted by Crippen LogP contribution is -2.51. The van der Waals surface area contributed by atoms with Crippen molar-refractivity contribution >= 4 is 35.3 Å². The number of nitrogens with zero attached hydrogens (tertiary/aromatic N) is 1. The molecular weight excluding hydrogens is 244 g/mol. The molecule has 0 saturated carbocycles. The molecule has 0 aliphatic carbocycles. The number of hydrogen-bond acceptors (Lipinski definition) is 4. The predicted molar refractivity (Wildman–Crippen MR) is 67.3 cm³/mol. The summed E-state index contributed by atoms with van der Waals surface area (Å²) < 4.78 is 0. The first-order valence-electron chi connectivity index (χ1n) is 5.57. The highest BCUT2D eigenvalue weighted by Crippen LogP contribution is 2.24. The van der Waals surface area contributed by atoms with Gasteiger partial charge >= 0.3 is 0 Å². The van der Waals surface area contributed by atoms with Crippen molar-refractivity contribution < 1.29 is 9.59 Å². The Labute approximate surface area is 104 Å². The van der Waals surface area contributed by atoms with Gasteiger partial charge in [0.2, 0.25) is 5.91 Å². The summed E-state index contributed by atoms with van der Waals surface area (Å²) >= 11 is 3.50. The molecule has 6 heteroatoms. The van der Waals surface area contributed by atoms with Crippen LogP contribution in [0.1, 0.15) is 19.3 Å².